The van der Waals surface area contributed by atoms with Crippen LogP contribution in [0.15, 0.2) is 0 Å². The first-order chi connectivity index (χ1) is 8.24. The van der Waals surface area contributed by atoms with Gasteiger partial charge in [-0.05, 0) is 39.7 Å². The second kappa shape index (κ2) is 4.41. The van der Waals surface area contributed by atoms with Gasteiger partial charge in [-0.1, -0.05) is 0 Å². The number of rotatable bonds is 2. The van der Waals surface area contributed by atoms with Crippen molar-refractivity contribution in [1.82, 2.24) is 19.7 Å². The van der Waals surface area contributed by atoms with Gasteiger partial charge in [0.15, 0.2) is 5.82 Å². The van der Waals surface area contributed by atoms with Crippen LogP contribution in [0.5, 0.6) is 0 Å². The highest BCUT2D eigenvalue weighted by Crippen LogP contribution is 2.27. The van der Waals surface area contributed by atoms with Gasteiger partial charge in [0, 0.05) is 31.5 Å². The summed E-state index contributed by atoms with van der Waals surface area (Å²) in [5.41, 5.74) is 0. The van der Waals surface area contributed by atoms with Crippen LogP contribution in [-0.2, 0) is 13.0 Å². The van der Waals surface area contributed by atoms with E-state index in [2.05, 4.69) is 23.4 Å². The molecule has 1 aromatic rings. The van der Waals surface area contributed by atoms with Gasteiger partial charge in [-0.3, -0.25) is 0 Å². The van der Waals surface area contributed by atoms with Crippen LogP contribution in [0.25, 0.3) is 0 Å². The Kier molecular flexibility index (Phi) is 2.90. The number of likely N-dealkylation sites (tertiary alicyclic amines) is 1. The lowest BCUT2D eigenvalue weighted by Gasteiger charge is -2.19. The number of fused-ring (bicyclic) bond motifs is 1. The third-order valence-electron chi connectivity index (χ3n) is 4.10. The minimum absolute atomic E-state index is 0.565. The molecule has 1 aromatic heterocycles. The molecule has 0 bridgehead atoms. The summed E-state index contributed by atoms with van der Waals surface area (Å²) in [7, 11) is 0. The molecule has 1 fully saturated rings. The van der Waals surface area contributed by atoms with Crippen LogP contribution in [0.2, 0.25) is 0 Å². The van der Waals surface area contributed by atoms with Crippen molar-refractivity contribution in [2.24, 2.45) is 0 Å². The van der Waals surface area contributed by atoms with Crippen LogP contribution in [0.1, 0.15) is 50.7 Å². The lowest BCUT2D eigenvalue weighted by atomic mass is 10.1. The summed E-state index contributed by atoms with van der Waals surface area (Å²) in [4.78, 5) is 7.28. The quantitative estimate of drug-likeness (QED) is 0.782. The van der Waals surface area contributed by atoms with E-state index in [4.69, 9.17) is 10.1 Å². The Labute approximate surface area is 103 Å². The maximum atomic E-state index is 4.75. The Morgan fingerprint density at radius 2 is 2.12 bits per heavy atom. The molecule has 0 saturated carbocycles. The molecule has 0 amide bonds. The van der Waals surface area contributed by atoms with Crippen molar-refractivity contribution in [3.63, 3.8) is 0 Å². The molecule has 1 unspecified atom stereocenters. The van der Waals surface area contributed by atoms with Gasteiger partial charge in [-0.2, -0.15) is 5.10 Å². The number of aryl methyl sites for hydroxylation is 2. The molecule has 0 spiro atoms. The topological polar surface area (TPSA) is 34.0 Å². The molecule has 0 aliphatic carbocycles. The average Bonchev–Trinajstić information content (AvgIpc) is 2.95. The largest absolute Gasteiger partial charge is 0.300 e. The average molecular weight is 234 g/mol. The zero-order valence-electron chi connectivity index (χ0n) is 10.9. The molecule has 2 aliphatic heterocycles. The maximum Gasteiger partial charge on any atom is 0.155 e. The predicted molar refractivity (Wildman–Crippen MR) is 67.0 cm³/mol. The number of hydrogen-bond acceptors (Lipinski definition) is 3. The van der Waals surface area contributed by atoms with Crippen molar-refractivity contribution in [2.45, 2.75) is 58.0 Å². The van der Waals surface area contributed by atoms with Crippen LogP contribution in [-0.4, -0.2) is 38.8 Å². The van der Waals surface area contributed by atoms with Crippen molar-refractivity contribution in [1.29, 1.82) is 0 Å². The molecule has 3 heterocycles. The normalized spacial score (nSPS) is 25.5. The Morgan fingerprint density at radius 1 is 1.24 bits per heavy atom. The fourth-order valence-electron chi connectivity index (χ4n) is 2.94. The van der Waals surface area contributed by atoms with Gasteiger partial charge in [0.2, 0.25) is 0 Å². The highest BCUT2D eigenvalue weighted by atomic mass is 15.4. The Bertz CT molecular complexity index is 373. The summed E-state index contributed by atoms with van der Waals surface area (Å²) in [6, 6.07) is 0.650. The summed E-state index contributed by atoms with van der Waals surface area (Å²) in [6.45, 7) is 7.96. The van der Waals surface area contributed by atoms with Crippen molar-refractivity contribution in [3.8, 4) is 0 Å². The molecule has 0 radical (unpaired) electrons. The Balaban J connectivity index is 1.74. The lowest BCUT2D eigenvalue weighted by Crippen LogP contribution is -2.28. The first kappa shape index (κ1) is 11.2. The first-order valence-corrected chi connectivity index (χ1v) is 6.91. The van der Waals surface area contributed by atoms with Crippen LogP contribution in [0.3, 0.4) is 0 Å². The first-order valence-electron chi connectivity index (χ1n) is 6.91. The Hall–Kier alpha value is -0.900. The van der Waals surface area contributed by atoms with Gasteiger partial charge < -0.3 is 4.90 Å². The number of aromatic nitrogens is 3. The van der Waals surface area contributed by atoms with Gasteiger partial charge in [0.25, 0.3) is 0 Å². The molecule has 1 saturated heterocycles. The van der Waals surface area contributed by atoms with E-state index in [0.717, 1.165) is 25.3 Å². The zero-order chi connectivity index (χ0) is 11.8. The van der Waals surface area contributed by atoms with Gasteiger partial charge >= 0.3 is 0 Å². The second-order valence-electron chi connectivity index (χ2n) is 5.64. The number of hydrogen-bond donors (Lipinski definition) is 0. The summed E-state index contributed by atoms with van der Waals surface area (Å²) >= 11 is 0. The SMILES string of the molecule is CC(C)N1CCC(c2nc3n(n2)CCCC3)C1. The minimum atomic E-state index is 0.565. The molecule has 4 heteroatoms. The lowest BCUT2D eigenvalue weighted by molar-refractivity contribution is 0.272. The highest BCUT2D eigenvalue weighted by Gasteiger charge is 2.29. The van der Waals surface area contributed by atoms with Crippen molar-refractivity contribution in [3.05, 3.63) is 11.6 Å². The van der Waals surface area contributed by atoms with Gasteiger partial charge in [0.05, 0.1) is 0 Å². The molecule has 2 aliphatic rings. The van der Waals surface area contributed by atoms with Gasteiger partial charge in [0.1, 0.15) is 5.82 Å². The van der Waals surface area contributed by atoms with E-state index in [0.29, 0.717) is 12.0 Å². The van der Waals surface area contributed by atoms with Crippen molar-refractivity contribution >= 4 is 0 Å². The summed E-state index contributed by atoms with van der Waals surface area (Å²) in [6.07, 6.45) is 4.88. The van der Waals surface area contributed by atoms with E-state index < -0.39 is 0 Å². The molecular weight excluding hydrogens is 212 g/mol. The van der Waals surface area contributed by atoms with E-state index >= 15 is 0 Å². The van der Waals surface area contributed by atoms with Crippen LogP contribution in [0.4, 0.5) is 0 Å². The third-order valence-corrected chi connectivity index (χ3v) is 4.10. The fourth-order valence-corrected chi connectivity index (χ4v) is 2.94. The zero-order valence-corrected chi connectivity index (χ0v) is 10.9. The molecular formula is C13H22N4. The smallest absolute Gasteiger partial charge is 0.155 e. The molecule has 1 atom stereocenters. The minimum Gasteiger partial charge on any atom is -0.300 e. The third kappa shape index (κ3) is 2.10. The van der Waals surface area contributed by atoms with E-state index in [1.807, 2.05) is 0 Å². The van der Waals surface area contributed by atoms with E-state index in [1.165, 1.54) is 31.6 Å². The maximum absolute atomic E-state index is 4.75. The molecule has 3 rings (SSSR count). The van der Waals surface area contributed by atoms with E-state index in [-0.39, 0.29) is 0 Å². The molecule has 0 aromatic carbocycles. The summed E-state index contributed by atoms with van der Waals surface area (Å²) in [5, 5.41) is 4.71. The molecule has 4 nitrogen and oxygen atoms in total. The highest BCUT2D eigenvalue weighted by molar-refractivity contribution is 5.04. The molecule has 17 heavy (non-hydrogen) atoms. The predicted octanol–water partition coefficient (Wildman–Crippen LogP) is 1.81. The van der Waals surface area contributed by atoms with Crippen molar-refractivity contribution < 1.29 is 0 Å². The fraction of sp³-hybridized carbons (Fsp3) is 0.846. The van der Waals surface area contributed by atoms with E-state index in [9.17, 15) is 0 Å². The summed E-state index contributed by atoms with van der Waals surface area (Å²) in [5.74, 6) is 2.88. The van der Waals surface area contributed by atoms with Crippen LogP contribution in [0, 0.1) is 0 Å². The van der Waals surface area contributed by atoms with Gasteiger partial charge in [-0.15, -0.1) is 0 Å². The van der Waals surface area contributed by atoms with Crippen molar-refractivity contribution in [2.75, 3.05) is 13.1 Å². The molecule has 0 N–H and O–H groups in total. The summed E-state index contributed by atoms with van der Waals surface area (Å²) < 4.78 is 2.14. The number of nitrogens with zero attached hydrogens (tertiary/aromatic N) is 4. The van der Waals surface area contributed by atoms with Crippen LogP contribution < -0.4 is 0 Å². The van der Waals surface area contributed by atoms with E-state index in [1.54, 1.807) is 0 Å². The molecule has 94 valence electrons. The monoisotopic (exact) mass is 234 g/mol. The Morgan fingerprint density at radius 3 is 2.82 bits per heavy atom. The standard InChI is InChI=1S/C13H22N4/c1-10(2)16-8-6-11(9-16)13-14-12-5-3-4-7-17(12)15-13/h10-11H,3-9H2,1-2H3. The second-order valence-corrected chi connectivity index (χ2v) is 5.64. The van der Waals surface area contributed by atoms with Crippen LogP contribution >= 0.6 is 0 Å². The van der Waals surface area contributed by atoms with Gasteiger partial charge in [-0.25, -0.2) is 9.67 Å².